The first-order valence-electron chi connectivity index (χ1n) is 9.71. The number of nitrogens with zero attached hydrogens (tertiary/aromatic N) is 2. The summed E-state index contributed by atoms with van der Waals surface area (Å²) in [5, 5.41) is 0.675. The molecule has 156 valence electrons. The van der Waals surface area contributed by atoms with Crippen molar-refractivity contribution in [1.82, 2.24) is 8.86 Å². The van der Waals surface area contributed by atoms with Crippen LogP contribution < -0.4 is 19.8 Å². The van der Waals surface area contributed by atoms with Gasteiger partial charge in [-0.1, -0.05) is 36.7 Å². The number of fused-ring (bicyclic) bond motifs is 1. The number of hydrogen-bond acceptors (Lipinski definition) is 6. The minimum Gasteiger partial charge on any atom is -0.496 e. The number of ether oxygens (including phenoxy) is 3. The monoisotopic (exact) mass is 416 g/mol. The molecule has 0 aliphatic carbocycles. The highest BCUT2D eigenvalue weighted by molar-refractivity contribution is 7.13. The van der Waals surface area contributed by atoms with Crippen LogP contribution in [0.15, 0.2) is 41.2 Å². The first-order chi connectivity index (χ1) is 14.1. The van der Waals surface area contributed by atoms with Gasteiger partial charge in [0.2, 0.25) is 0 Å². The molecule has 0 unspecified atom stereocenters. The van der Waals surface area contributed by atoms with E-state index in [9.17, 15) is 4.79 Å². The second-order valence-corrected chi connectivity index (χ2v) is 7.80. The lowest BCUT2D eigenvalue weighted by atomic mass is 10.2. The van der Waals surface area contributed by atoms with E-state index < -0.39 is 0 Å². The molecule has 3 aromatic rings. The molecule has 0 saturated heterocycles. The van der Waals surface area contributed by atoms with E-state index in [0.29, 0.717) is 23.4 Å². The predicted molar refractivity (Wildman–Crippen MR) is 118 cm³/mol. The predicted octanol–water partition coefficient (Wildman–Crippen LogP) is 4.00. The maximum absolute atomic E-state index is 12.8. The van der Waals surface area contributed by atoms with Gasteiger partial charge in [0, 0.05) is 31.3 Å². The molecule has 0 saturated carbocycles. The molecule has 7 heteroatoms. The Balaban J connectivity index is 1.68. The molecular formula is C22H28N2O4S. The summed E-state index contributed by atoms with van der Waals surface area (Å²) in [5.41, 5.74) is 1.20. The van der Waals surface area contributed by atoms with Crippen LogP contribution >= 0.6 is 11.5 Å². The molecule has 0 fully saturated rings. The fourth-order valence-corrected chi connectivity index (χ4v) is 4.45. The lowest BCUT2D eigenvalue weighted by Gasteiger charge is -2.21. The zero-order valence-electron chi connectivity index (χ0n) is 17.4. The minimum atomic E-state index is 0.0266. The number of hydrogen-bond donors (Lipinski definition) is 0. The van der Waals surface area contributed by atoms with Crippen LogP contribution in [0.3, 0.4) is 0 Å². The Labute approximate surface area is 175 Å². The van der Waals surface area contributed by atoms with Crippen molar-refractivity contribution in [2.45, 2.75) is 26.4 Å². The van der Waals surface area contributed by atoms with Crippen LogP contribution in [0.2, 0.25) is 0 Å². The smallest absolute Gasteiger partial charge is 0.268 e. The van der Waals surface area contributed by atoms with Crippen molar-refractivity contribution in [3.8, 4) is 17.2 Å². The van der Waals surface area contributed by atoms with Crippen molar-refractivity contribution in [1.29, 1.82) is 0 Å². The molecule has 0 aliphatic heterocycles. The van der Waals surface area contributed by atoms with E-state index >= 15 is 0 Å². The molecule has 0 atom stereocenters. The molecule has 0 amide bonds. The zero-order valence-corrected chi connectivity index (χ0v) is 18.3. The normalized spacial score (nSPS) is 11.2. The van der Waals surface area contributed by atoms with Crippen LogP contribution in [0.4, 0.5) is 0 Å². The third-order valence-electron chi connectivity index (χ3n) is 5.02. The Morgan fingerprint density at radius 3 is 2.38 bits per heavy atom. The van der Waals surface area contributed by atoms with Crippen LogP contribution in [-0.4, -0.2) is 43.3 Å². The number of rotatable bonds is 10. The van der Waals surface area contributed by atoms with Gasteiger partial charge in [-0.15, -0.1) is 0 Å². The summed E-state index contributed by atoms with van der Waals surface area (Å²) in [5.74, 6) is 2.13. The Kier molecular flexibility index (Phi) is 7.17. The van der Waals surface area contributed by atoms with Crippen LogP contribution in [0.25, 0.3) is 10.1 Å². The second kappa shape index (κ2) is 9.80. The second-order valence-electron chi connectivity index (χ2n) is 6.74. The SMILES string of the molecule is CCN(CCCn1sc2cc(OC)c(OC)cc2c1=O)Cc1ccccc1OC. The minimum absolute atomic E-state index is 0.0266. The average molecular weight is 417 g/mol. The fourth-order valence-electron chi connectivity index (χ4n) is 3.41. The van der Waals surface area contributed by atoms with Gasteiger partial charge in [0.25, 0.3) is 5.56 Å². The summed E-state index contributed by atoms with van der Waals surface area (Å²) >= 11 is 1.47. The maximum Gasteiger partial charge on any atom is 0.268 e. The van der Waals surface area contributed by atoms with Gasteiger partial charge in [-0.05, 0) is 25.1 Å². The first kappa shape index (κ1) is 21.2. The van der Waals surface area contributed by atoms with Crippen LogP contribution in [0.5, 0.6) is 17.2 Å². The number of methoxy groups -OCH3 is 3. The van der Waals surface area contributed by atoms with Crippen LogP contribution in [0, 0.1) is 0 Å². The molecule has 2 aromatic carbocycles. The standard InChI is InChI=1S/C22H28N2O4S/c1-5-23(15-16-9-6-7-10-18(16)26-2)11-8-12-24-22(25)17-13-19(27-3)20(28-4)14-21(17)29-24/h6-7,9-10,13-14H,5,8,11-12,15H2,1-4H3. The summed E-state index contributed by atoms with van der Waals surface area (Å²) in [6.45, 7) is 5.51. The van der Waals surface area contributed by atoms with E-state index in [2.05, 4.69) is 17.9 Å². The molecule has 6 nitrogen and oxygen atoms in total. The first-order valence-corrected chi connectivity index (χ1v) is 10.5. The van der Waals surface area contributed by atoms with Crippen molar-refractivity contribution >= 4 is 21.6 Å². The Morgan fingerprint density at radius 1 is 1.00 bits per heavy atom. The van der Waals surface area contributed by atoms with Gasteiger partial charge in [0.15, 0.2) is 11.5 Å². The molecule has 0 aliphatic rings. The highest BCUT2D eigenvalue weighted by Crippen LogP contribution is 2.32. The summed E-state index contributed by atoms with van der Waals surface area (Å²) in [6.07, 6.45) is 0.893. The third kappa shape index (κ3) is 4.74. The molecular weight excluding hydrogens is 388 g/mol. The number of aromatic nitrogens is 1. The van der Waals surface area contributed by atoms with Crippen molar-refractivity contribution in [2.24, 2.45) is 0 Å². The van der Waals surface area contributed by atoms with Crippen LogP contribution in [-0.2, 0) is 13.1 Å². The van der Waals surface area contributed by atoms with E-state index in [4.69, 9.17) is 14.2 Å². The molecule has 0 N–H and O–H groups in total. The quantitative estimate of drug-likeness (QED) is 0.500. The lowest BCUT2D eigenvalue weighted by molar-refractivity contribution is 0.267. The van der Waals surface area contributed by atoms with Crippen molar-refractivity contribution in [3.63, 3.8) is 0 Å². The van der Waals surface area contributed by atoms with E-state index in [1.165, 1.54) is 17.1 Å². The van der Waals surface area contributed by atoms with Gasteiger partial charge >= 0.3 is 0 Å². The van der Waals surface area contributed by atoms with Gasteiger partial charge in [-0.2, -0.15) is 0 Å². The number of aryl methyl sites for hydroxylation is 1. The van der Waals surface area contributed by atoms with Gasteiger partial charge in [-0.3, -0.25) is 13.7 Å². The summed E-state index contributed by atoms with van der Waals surface area (Å²) < 4.78 is 18.9. The van der Waals surface area contributed by atoms with E-state index in [0.717, 1.165) is 36.5 Å². The lowest BCUT2D eigenvalue weighted by Crippen LogP contribution is -2.26. The molecule has 0 bridgehead atoms. The summed E-state index contributed by atoms with van der Waals surface area (Å²) in [4.78, 5) is 15.1. The molecule has 29 heavy (non-hydrogen) atoms. The van der Waals surface area contributed by atoms with Gasteiger partial charge < -0.3 is 14.2 Å². The van der Waals surface area contributed by atoms with E-state index in [-0.39, 0.29) is 5.56 Å². The third-order valence-corrected chi connectivity index (χ3v) is 6.12. The van der Waals surface area contributed by atoms with E-state index in [1.54, 1.807) is 27.4 Å². The molecule has 3 rings (SSSR count). The zero-order chi connectivity index (χ0) is 20.8. The summed E-state index contributed by atoms with van der Waals surface area (Å²) in [6, 6.07) is 11.7. The highest BCUT2D eigenvalue weighted by atomic mass is 32.1. The molecule has 0 spiro atoms. The largest absolute Gasteiger partial charge is 0.496 e. The Morgan fingerprint density at radius 2 is 1.69 bits per heavy atom. The number of para-hydroxylation sites is 1. The van der Waals surface area contributed by atoms with Crippen molar-refractivity contribution in [3.05, 3.63) is 52.3 Å². The van der Waals surface area contributed by atoms with E-state index in [1.807, 2.05) is 28.2 Å². The molecule has 1 heterocycles. The Hall–Kier alpha value is -2.51. The fraction of sp³-hybridized carbons (Fsp3) is 0.409. The number of benzene rings is 2. The van der Waals surface area contributed by atoms with Gasteiger partial charge in [0.1, 0.15) is 5.75 Å². The molecule has 1 aromatic heterocycles. The van der Waals surface area contributed by atoms with Gasteiger partial charge in [-0.25, -0.2) is 0 Å². The maximum atomic E-state index is 12.8. The topological polar surface area (TPSA) is 52.9 Å². The Bertz CT molecular complexity index is 1010. The van der Waals surface area contributed by atoms with Crippen molar-refractivity contribution in [2.75, 3.05) is 34.4 Å². The average Bonchev–Trinajstić information content (AvgIpc) is 3.06. The molecule has 0 radical (unpaired) electrons. The summed E-state index contributed by atoms with van der Waals surface area (Å²) in [7, 11) is 4.88. The van der Waals surface area contributed by atoms with Crippen LogP contribution in [0.1, 0.15) is 18.9 Å². The highest BCUT2D eigenvalue weighted by Gasteiger charge is 2.14. The van der Waals surface area contributed by atoms with Crippen molar-refractivity contribution < 1.29 is 14.2 Å². The van der Waals surface area contributed by atoms with Gasteiger partial charge in [0.05, 0.1) is 31.4 Å².